The minimum Gasteiger partial charge on any atom is -0.336 e. The summed E-state index contributed by atoms with van der Waals surface area (Å²) in [7, 11) is 0. The second-order valence-electron chi connectivity index (χ2n) is 9.18. The summed E-state index contributed by atoms with van der Waals surface area (Å²) >= 11 is 0. The van der Waals surface area contributed by atoms with Crippen molar-refractivity contribution in [3.8, 4) is 22.6 Å². The molecule has 0 unspecified atom stereocenters. The number of hydrogen-bond donors (Lipinski definition) is 1. The van der Waals surface area contributed by atoms with Gasteiger partial charge in [-0.05, 0) is 66.8 Å². The lowest BCUT2D eigenvalue weighted by molar-refractivity contribution is -0.140. The highest BCUT2D eigenvalue weighted by Gasteiger charge is 2.38. The van der Waals surface area contributed by atoms with Gasteiger partial charge in [0.2, 0.25) is 0 Å². The zero-order valence-electron chi connectivity index (χ0n) is 18.4. The number of hydrogen-bond acceptors (Lipinski definition) is 4. The lowest BCUT2D eigenvalue weighted by atomic mass is 9.80. The molecule has 0 bridgehead atoms. The Kier molecular flexibility index (Phi) is 5.00. The van der Waals surface area contributed by atoms with Crippen molar-refractivity contribution in [3.05, 3.63) is 71.4 Å². The molecule has 3 aromatic heterocycles. The van der Waals surface area contributed by atoms with E-state index in [1.807, 2.05) is 6.20 Å². The molecule has 6 nitrogen and oxygen atoms in total. The van der Waals surface area contributed by atoms with E-state index >= 15 is 0 Å². The van der Waals surface area contributed by atoms with Crippen molar-refractivity contribution < 1.29 is 13.2 Å². The van der Waals surface area contributed by atoms with Crippen LogP contribution in [0.1, 0.15) is 59.9 Å². The smallest absolute Gasteiger partial charge is 0.336 e. The fourth-order valence-electron chi connectivity index (χ4n) is 5.14. The van der Waals surface area contributed by atoms with E-state index in [9.17, 15) is 13.2 Å². The highest BCUT2D eigenvalue weighted by atomic mass is 19.4. The van der Waals surface area contributed by atoms with Crippen molar-refractivity contribution in [1.82, 2.24) is 29.9 Å². The summed E-state index contributed by atoms with van der Waals surface area (Å²) in [5.41, 5.74) is 4.64. The normalized spacial score (nSPS) is 18.1. The van der Waals surface area contributed by atoms with Crippen LogP contribution in [0.25, 0.3) is 22.6 Å². The van der Waals surface area contributed by atoms with Gasteiger partial charge in [0, 0.05) is 30.4 Å². The van der Waals surface area contributed by atoms with Gasteiger partial charge in [-0.1, -0.05) is 18.2 Å². The molecule has 1 aromatic carbocycles. The van der Waals surface area contributed by atoms with Crippen molar-refractivity contribution in [3.63, 3.8) is 0 Å². The van der Waals surface area contributed by atoms with Crippen molar-refractivity contribution in [1.29, 1.82) is 0 Å². The minimum atomic E-state index is -4.59. The topological polar surface area (TPSA) is 72.3 Å². The molecule has 0 spiro atoms. The molecule has 0 amide bonds. The number of benzene rings is 1. The average molecular weight is 464 g/mol. The second kappa shape index (κ2) is 8.07. The van der Waals surface area contributed by atoms with E-state index in [4.69, 9.17) is 0 Å². The van der Waals surface area contributed by atoms with Gasteiger partial charge in [0.15, 0.2) is 5.69 Å². The summed E-state index contributed by atoms with van der Waals surface area (Å²) < 4.78 is 41.8. The number of pyridine rings is 1. The Labute approximate surface area is 194 Å². The predicted molar refractivity (Wildman–Crippen MR) is 120 cm³/mol. The fourth-order valence-corrected chi connectivity index (χ4v) is 5.14. The molecule has 2 aliphatic carbocycles. The van der Waals surface area contributed by atoms with Gasteiger partial charge in [-0.25, -0.2) is 4.98 Å². The zero-order valence-corrected chi connectivity index (χ0v) is 18.4. The summed E-state index contributed by atoms with van der Waals surface area (Å²) in [6.07, 6.45) is 6.65. The van der Waals surface area contributed by atoms with Crippen LogP contribution >= 0.6 is 0 Å². The molecule has 34 heavy (non-hydrogen) atoms. The van der Waals surface area contributed by atoms with Crippen LogP contribution in [-0.4, -0.2) is 29.9 Å². The minimum absolute atomic E-state index is 0.249. The largest absolute Gasteiger partial charge is 0.437 e. The Bertz CT molecular complexity index is 1330. The fraction of sp³-hybridized carbons (Fsp3) is 0.360. The second-order valence-corrected chi connectivity index (χ2v) is 9.18. The molecule has 3 heterocycles. The van der Waals surface area contributed by atoms with Gasteiger partial charge in [0.05, 0.1) is 12.0 Å². The molecular weight excluding hydrogens is 441 g/mol. The Hall–Kier alpha value is -3.49. The van der Waals surface area contributed by atoms with E-state index in [0.717, 1.165) is 25.3 Å². The van der Waals surface area contributed by atoms with Gasteiger partial charge >= 0.3 is 6.18 Å². The van der Waals surface area contributed by atoms with E-state index in [0.29, 0.717) is 17.3 Å². The Balaban J connectivity index is 1.25. The molecule has 6 rings (SSSR count). The third-order valence-electron chi connectivity index (χ3n) is 6.86. The maximum absolute atomic E-state index is 13.2. The van der Waals surface area contributed by atoms with E-state index in [2.05, 4.69) is 48.1 Å². The molecule has 1 N–H and O–H groups in total. The molecule has 0 aliphatic heterocycles. The summed E-state index contributed by atoms with van der Waals surface area (Å²) in [6.45, 7) is 0.815. The monoisotopic (exact) mass is 464 g/mol. The molecule has 0 saturated heterocycles. The van der Waals surface area contributed by atoms with Crippen LogP contribution in [0.4, 0.5) is 13.2 Å². The third-order valence-corrected chi connectivity index (χ3v) is 6.86. The van der Waals surface area contributed by atoms with Crippen LogP contribution in [0.5, 0.6) is 0 Å². The van der Waals surface area contributed by atoms with Crippen molar-refractivity contribution in [2.24, 2.45) is 0 Å². The molecule has 1 fully saturated rings. The molecule has 2 aliphatic rings. The van der Waals surface area contributed by atoms with Crippen LogP contribution < -0.4 is 0 Å². The van der Waals surface area contributed by atoms with Crippen molar-refractivity contribution >= 4 is 0 Å². The Morgan fingerprint density at radius 3 is 2.68 bits per heavy atom. The lowest BCUT2D eigenvalue weighted by Gasteiger charge is -2.28. The van der Waals surface area contributed by atoms with Crippen molar-refractivity contribution in [2.75, 3.05) is 0 Å². The van der Waals surface area contributed by atoms with Gasteiger partial charge in [-0.15, -0.1) is 0 Å². The highest BCUT2D eigenvalue weighted by molar-refractivity contribution is 5.67. The van der Waals surface area contributed by atoms with Gasteiger partial charge in [-0.2, -0.15) is 28.6 Å². The molecule has 174 valence electrons. The summed E-state index contributed by atoms with van der Waals surface area (Å²) in [4.78, 5) is 8.82. The third kappa shape index (κ3) is 3.89. The first-order valence-electron chi connectivity index (χ1n) is 11.6. The summed E-state index contributed by atoms with van der Waals surface area (Å²) in [5, 5.41) is 9.05. The van der Waals surface area contributed by atoms with Gasteiger partial charge in [0.25, 0.3) is 0 Å². The van der Waals surface area contributed by atoms with Crippen LogP contribution in [0.15, 0.2) is 49.1 Å². The quantitative estimate of drug-likeness (QED) is 0.408. The molecule has 0 radical (unpaired) electrons. The van der Waals surface area contributed by atoms with Crippen LogP contribution in [0, 0.1) is 0 Å². The number of alkyl halides is 3. The maximum Gasteiger partial charge on any atom is 0.437 e. The molecular formula is C25H23F3N6. The SMILES string of the molecule is FC(F)(F)c1n[nH]nc1-c1ccnc(-c2cn(C[C@@H]3CCCc4c(C5CC5)cccc43)cn2)c1. The average Bonchev–Trinajstić information content (AvgIpc) is 3.35. The first kappa shape index (κ1) is 21.1. The number of H-pyrrole nitrogens is 1. The molecule has 9 heteroatoms. The number of aromatic nitrogens is 6. The number of imidazole rings is 1. The summed E-state index contributed by atoms with van der Waals surface area (Å²) in [5.74, 6) is 1.17. The number of nitrogens with one attached hydrogen (secondary N) is 1. The first-order valence-corrected chi connectivity index (χ1v) is 11.6. The first-order chi connectivity index (χ1) is 16.5. The van der Waals surface area contributed by atoms with E-state index in [1.165, 1.54) is 37.1 Å². The molecule has 1 saturated carbocycles. The van der Waals surface area contributed by atoms with Crippen molar-refractivity contribution in [2.45, 2.75) is 56.7 Å². The van der Waals surface area contributed by atoms with E-state index in [-0.39, 0.29) is 11.3 Å². The number of rotatable bonds is 5. The predicted octanol–water partition coefficient (Wildman–Crippen LogP) is 5.75. The number of halogens is 3. The molecule has 1 atom stereocenters. The van der Waals surface area contributed by atoms with Gasteiger partial charge in [-0.3, -0.25) is 4.98 Å². The Morgan fingerprint density at radius 2 is 1.85 bits per heavy atom. The number of fused-ring (bicyclic) bond motifs is 1. The standard InChI is InChI=1S/C25H23F3N6/c26-25(27,28)24-23(31-33-32-24)16-9-10-29-21(11-16)22-13-34(14-30-22)12-17-3-1-6-20-18(15-7-8-15)4-2-5-19(17)20/h2,4-5,9-11,13-15,17H,1,3,6-8,12H2,(H,31,32,33)/t17-/m0/s1. The Morgan fingerprint density at radius 1 is 1.00 bits per heavy atom. The van der Waals surface area contributed by atoms with Crippen LogP contribution in [0.3, 0.4) is 0 Å². The van der Waals surface area contributed by atoms with Crippen LogP contribution in [0.2, 0.25) is 0 Å². The number of nitrogens with zero attached hydrogens (tertiary/aromatic N) is 5. The van der Waals surface area contributed by atoms with Gasteiger partial charge in [0.1, 0.15) is 11.4 Å². The molecule has 4 aromatic rings. The summed E-state index contributed by atoms with van der Waals surface area (Å²) in [6, 6.07) is 9.82. The highest BCUT2D eigenvalue weighted by Crippen LogP contribution is 2.45. The zero-order chi connectivity index (χ0) is 23.3. The number of aromatic amines is 1. The van der Waals surface area contributed by atoms with Crippen LogP contribution in [-0.2, 0) is 19.1 Å². The maximum atomic E-state index is 13.2. The lowest BCUT2D eigenvalue weighted by Crippen LogP contribution is -2.16. The van der Waals surface area contributed by atoms with E-state index in [1.54, 1.807) is 23.5 Å². The van der Waals surface area contributed by atoms with Gasteiger partial charge < -0.3 is 4.57 Å². The van der Waals surface area contributed by atoms with E-state index < -0.39 is 11.9 Å².